The molecule has 1 heterocycles. The molecule has 0 saturated carbocycles. The van der Waals surface area contributed by atoms with Crippen LogP contribution in [0.2, 0.25) is 0 Å². The van der Waals surface area contributed by atoms with Crippen molar-refractivity contribution in [2.75, 3.05) is 13.3 Å². The van der Waals surface area contributed by atoms with Gasteiger partial charge in [-0.05, 0) is 6.42 Å². The largest absolute Gasteiger partial charge is 0.491 e. The second-order valence-electron chi connectivity index (χ2n) is 5.09. The van der Waals surface area contributed by atoms with E-state index in [0.717, 1.165) is 4.90 Å². The van der Waals surface area contributed by atoms with Gasteiger partial charge >= 0.3 is 24.2 Å². The third-order valence-electron chi connectivity index (χ3n) is 2.93. The molecule has 0 spiro atoms. The molecule has 1 fully saturated rings. The molecule has 132 valence electrons. The second kappa shape index (κ2) is 7.49. The SMILES string of the molecule is CC(C)C(=O)OCOC(=O)N1CC[C@H](N)C1OC(=O)C(F)(F)F. The van der Waals surface area contributed by atoms with E-state index in [1.165, 1.54) is 0 Å². The lowest BCUT2D eigenvalue weighted by Crippen LogP contribution is -2.47. The van der Waals surface area contributed by atoms with Gasteiger partial charge in [0.05, 0.1) is 12.0 Å². The zero-order chi connectivity index (χ0) is 17.8. The van der Waals surface area contributed by atoms with E-state index in [0.29, 0.717) is 0 Å². The summed E-state index contributed by atoms with van der Waals surface area (Å²) in [5.74, 6) is -3.51. The highest BCUT2D eigenvalue weighted by atomic mass is 19.4. The van der Waals surface area contributed by atoms with E-state index in [1.54, 1.807) is 13.8 Å². The predicted molar refractivity (Wildman–Crippen MR) is 67.5 cm³/mol. The van der Waals surface area contributed by atoms with Crippen LogP contribution in [0.1, 0.15) is 20.3 Å². The minimum absolute atomic E-state index is 0.0616. The fraction of sp³-hybridized carbons (Fsp3) is 0.750. The Labute approximate surface area is 129 Å². The van der Waals surface area contributed by atoms with Gasteiger partial charge in [-0.3, -0.25) is 9.69 Å². The van der Waals surface area contributed by atoms with E-state index >= 15 is 0 Å². The first-order valence-corrected chi connectivity index (χ1v) is 6.67. The summed E-state index contributed by atoms with van der Waals surface area (Å²) >= 11 is 0. The highest BCUT2D eigenvalue weighted by molar-refractivity contribution is 5.76. The molecule has 0 aromatic rings. The fourth-order valence-electron chi connectivity index (χ4n) is 1.70. The Kier molecular flexibility index (Phi) is 6.19. The number of rotatable bonds is 4. The first kappa shape index (κ1) is 19.0. The van der Waals surface area contributed by atoms with Crippen molar-refractivity contribution >= 4 is 18.0 Å². The van der Waals surface area contributed by atoms with E-state index < -0.39 is 49.2 Å². The zero-order valence-corrected chi connectivity index (χ0v) is 12.5. The average molecular weight is 342 g/mol. The van der Waals surface area contributed by atoms with Gasteiger partial charge in [0.2, 0.25) is 6.79 Å². The van der Waals surface area contributed by atoms with Crippen molar-refractivity contribution < 1.29 is 41.8 Å². The minimum atomic E-state index is -5.20. The second-order valence-corrected chi connectivity index (χ2v) is 5.09. The number of hydrogen-bond acceptors (Lipinski definition) is 7. The normalized spacial score (nSPS) is 21.3. The molecule has 11 heteroatoms. The van der Waals surface area contributed by atoms with Gasteiger partial charge in [-0.15, -0.1) is 0 Å². The monoisotopic (exact) mass is 342 g/mol. The maximum absolute atomic E-state index is 12.2. The number of hydrogen-bond donors (Lipinski definition) is 1. The summed E-state index contributed by atoms with van der Waals surface area (Å²) in [7, 11) is 0. The standard InChI is InChI=1S/C12H17F3N2O6/c1-6(2)9(18)21-5-22-11(20)17-4-3-7(16)8(17)23-10(19)12(13,14)15/h6-8H,3-5,16H2,1-2H3/t7-,8?/m0/s1. The molecule has 0 aromatic carbocycles. The van der Waals surface area contributed by atoms with Gasteiger partial charge in [0, 0.05) is 6.54 Å². The van der Waals surface area contributed by atoms with E-state index in [9.17, 15) is 27.6 Å². The Morgan fingerprint density at radius 2 is 1.87 bits per heavy atom. The summed E-state index contributed by atoms with van der Waals surface area (Å²) < 4.78 is 50.1. The highest BCUT2D eigenvalue weighted by Gasteiger charge is 2.47. The number of esters is 2. The molecule has 0 bridgehead atoms. The molecule has 1 unspecified atom stereocenters. The molecule has 2 atom stereocenters. The maximum Gasteiger partial charge on any atom is 0.491 e. The Morgan fingerprint density at radius 3 is 2.39 bits per heavy atom. The third kappa shape index (κ3) is 5.27. The minimum Gasteiger partial charge on any atom is -0.433 e. The number of alkyl halides is 3. The van der Waals surface area contributed by atoms with Gasteiger partial charge < -0.3 is 19.9 Å². The maximum atomic E-state index is 12.2. The molecule has 0 aliphatic carbocycles. The number of amides is 1. The van der Waals surface area contributed by atoms with Crippen LogP contribution in [0.3, 0.4) is 0 Å². The van der Waals surface area contributed by atoms with E-state index in [2.05, 4.69) is 14.2 Å². The number of nitrogens with two attached hydrogens (primary N) is 1. The van der Waals surface area contributed by atoms with E-state index in [1.807, 2.05) is 0 Å². The Bertz CT molecular complexity index is 468. The van der Waals surface area contributed by atoms with E-state index in [4.69, 9.17) is 5.73 Å². The lowest BCUT2D eigenvalue weighted by atomic mass is 10.2. The summed E-state index contributed by atoms with van der Waals surface area (Å²) in [6, 6.07) is -0.980. The van der Waals surface area contributed by atoms with Crippen LogP contribution < -0.4 is 5.73 Å². The Balaban J connectivity index is 2.57. The zero-order valence-electron chi connectivity index (χ0n) is 12.5. The van der Waals surface area contributed by atoms with Crippen molar-refractivity contribution in [2.45, 2.75) is 38.7 Å². The summed E-state index contributed by atoms with van der Waals surface area (Å²) in [6.07, 6.45) is -7.78. The molecule has 0 radical (unpaired) electrons. The number of nitrogens with zero attached hydrogens (tertiary/aromatic N) is 1. The van der Waals surface area contributed by atoms with Crippen LogP contribution in [0.4, 0.5) is 18.0 Å². The van der Waals surface area contributed by atoms with Crippen LogP contribution in [-0.4, -0.2) is 54.7 Å². The van der Waals surface area contributed by atoms with Crippen LogP contribution in [0.15, 0.2) is 0 Å². The van der Waals surface area contributed by atoms with Crippen LogP contribution in [0.5, 0.6) is 0 Å². The fourth-order valence-corrected chi connectivity index (χ4v) is 1.70. The molecule has 23 heavy (non-hydrogen) atoms. The van der Waals surface area contributed by atoms with Gasteiger partial charge in [-0.25, -0.2) is 9.59 Å². The third-order valence-corrected chi connectivity index (χ3v) is 2.93. The van der Waals surface area contributed by atoms with Gasteiger partial charge in [-0.2, -0.15) is 13.2 Å². The van der Waals surface area contributed by atoms with Crippen molar-refractivity contribution in [3.05, 3.63) is 0 Å². The number of carbonyl (C=O) groups is 3. The highest BCUT2D eigenvalue weighted by Crippen LogP contribution is 2.23. The molecular formula is C12H17F3N2O6. The summed E-state index contributed by atoms with van der Waals surface area (Å²) in [4.78, 5) is 34.5. The number of ether oxygens (including phenoxy) is 3. The predicted octanol–water partition coefficient (Wildman–Crippen LogP) is 0.744. The van der Waals surface area contributed by atoms with Crippen LogP contribution in [0, 0.1) is 5.92 Å². The van der Waals surface area contributed by atoms with Crippen molar-refractivity contribution in [1.82, 2.24) is 4.90 Å². The van der Waals surface area contributed by atoms with Gasteiger partial charge in [0.15, 0.2) is 6.23 Å². The van der Waals surface area contributed by atoms with Crippen LogP contribution in [-0.2, 0) is 23.8 Å². The van der Waals surface area contributed by atoms with Crippen molar-refractivity contribution in [1.29, 1.82) is 0 Å². The number of halogens is 3. The molecule has 2 N–H and O–H groups in total. The van der Waals surface area contributed by atoms with Crippen molar-refractivity contribution in [3.8, 4) is 0 Å². The first-order chi connectivity index (χ1) is 10.5. The Hall–Kier alpha value is -2.04. The lowest BCUT2D eigenvalue weighted by Gasteiger charge is -2.26. The average Bonchev–Trinajstić information content (AvgIpc) is 2.78. The molecule has 1 amide bonds. The molecule has 1 saturated heterocycles. The lowest BCUT2D eigenvalue weighted by molar-refractivity contribution is -0.210. The summed E-state index contributed by atoms with van der Waals surface area (Å²) in [5.41, 5.74) is 5.54. The summed E-state index contributed by atoms with van der Waals surface area (Å²) in [6.45, 7) is 2.36. The molecule has 1 aliphatic heterocycles. The Morgan fingerprint density at radius 1 is 1.26 bits per heavy atom. The van der Waals surface area contributed by atoms with Gasteiger partial charge in [0.1, 0.15) is 0 Å². The van der Waals surface area contributed by atoms with Crippen LogP contribution >= 0.6 is 0 Å². The number of likely N-dealkylation sites (tertiary alicyclic amines) is 1. The molecule has 1 aliphatic rings. The molecule has 1 rings (SSSR count). The summed E-state index contributed by atoms with van der Waals surface area (Å²) in [5, 5.41) is 0. The molecular weight excluding hydrogens is 325 g/mol. The number of carbonyl (C=O) groups excluding carboxylic acids is 3. The first-order valence-electron chi connectivity index (χ1n) is 6.67. The van der Waals surface area contributed by atoms with Crippen molar-refractivity contribution in [3.63, 3.8) is 0 Å². The van der Waals surface area contributed by atoms with Gasteiger partial charge in [-0.1, -0.05) is 13.8 Å². The molecule has 8 nitrogen and oxygen atoms in total. The smallest absolute Gasteiger partial charge is 0.433 e. The topological polar surface area (TPSA) is 108 Å². The van der Waals surface area contributed by atoms with Crippen molar-refractivity contribution in [2.24, 2.45) is 11.7 Å². The quantitative estimate of drug-likeness (QED) is 0.593. The van der Waals surface area contributed by atoms with Crippen LogP contribution in [0.25, 0.3) is 0 Å². The van der Waals surface area contributed by atoms with Gasteiger partial charge in [0.25, 0.3) is 0 Å². The van der Waals surface area contributed by atoms with E-state index in [-0.39, 0.29) is 13.0 Å². The molecule has 0 aromatic heterocycles.